The van der Waals surface area contributed by atoms with Crippen LogP contribution in [0.2, 0.25) is 0 Å². The zero-order valence-electron chi connectivity index (χ0n) is 17.6. The molecule has 156 valence electrons. The Morgan fingerprint density at radius 3 is 2.60 bits per heavy atom. The van der Waals surface area contributed by atoms with Crippen LogP contribution >= 0.6 is 11.3 Å². The minimum Gasteiger partial charge on any atom is -0.368 e. The van der Waals surface area contributed by atoms with Gasteiger partial charge in [0.1, 0.15) is 0 Å². The van der Waals surface area contributed by atoms with Gasteiger partial charge in [0.05, 0.1) is 16.6 Å². The predicted molar refractivity (Wildman–Crippen MR) is 122 cm³/mol. The van der Waals surface area contributed by atoms with E-state index in [0.29, 0.717) is 11.6 Å². The van der Waals surface area contributed by atoms with Crippen molar-refractivity contribution in [3.8, 4) is 0 Å². The van der Waals surface area contributed by atoms with Crippen LogP contribution in [-0.4, -0.2) is 47.9 Å². The Morgan fingerprint density at radius 1 is 1.10 bits per heavy atom. The van der Waals surface area contributed by atoms with Crippen LogP contribution < -0.4 is 10.2 Å². The van der Waals surface area contributed by atoms with Gasteiger partial charge in [-0.1, -0.05) is 29.5 Å². The van der Waals surface area contributed by atoms with E-state index in [1.165, 1.54) is 35.1 Å². The van der Waals surface area contributed by atoms with Gasteiger partial charge in [0.15, 0.2) is 5.13 Å². The van der Waals surface area contributed by atoms with Crippen LogP contribution in [0.15, 0.2) is 36.4 Å². The summed E-state index contributed by atoms with van der Waals surface area (Å²) in [5.41, 5.74) is 5.69. The highest BCUT2D eigenvalue weighted by Gasteiger charge is 2.22. The molecule has 4 rings (SSSR count). The second-order valence-corrected chi connectivity index (χ2v) is 8.80. The molecule has 6 nitrogen and oxygen atoms in total. The van der Waals surface area contributed by atoms with E-state index in [1.54, 1.807) is 0 Å². The SMILES string of the molecule is CC(=O)Nc1nc2ccc(CC(=O)N3CCN(c4cccc(C)c4C)CC3)cc2s1. The summed E-state index contributed by atoms with van der Waals surface area (Å²) in [6.45, 7) is 8.94. The molecule has 0 radical (unpaired) electrons. The fourth-order valence-corrected chi connectivity index (χ4v) is 4.82. The number of hydrogen-bond donors (Lipinski definition) is 1. The number of nitrogens with zero attached hydrogens (tertiary/aromatic N) is 3. The van der Waals surface area contributed by atoms with Gasteiger partial charge in [0, 0.05) is 38.8 Å². The Hall–Kier alpha value is -2.93. The number of aromatic nitrogens is 1. The van der Waals surface area contributed by atoms with Crippen LogP contribution in [-0.2, 0) is 16.0 Å². The quantitative estimate of drug-likeness (QED) is 0.695. The number of rotatable bonds is 4. The molecule has 3 aromatic rings. The molecule has 1 fully saturated rings. The second-order valence-electron chi connectivity index (χ2n) is 7.77. The maximum atomic E-state index is 12.9. The average molecular weight is 423 g/mol. The first-order valence-corrected chi connectivity index (χ1v) is 11.0. The highest BCUT2D eigenvalue weighted by molar-refractivity contribution is 7.22. The molecule has 2 amide bonds. The van der Waals surface area contributed by atoms with E-state index in [0.717, 1.165) is 42.0 Å². The van der Waals surface area contributed by atoms with Crippen molar-refractivity contribution in [2.75, 3.05) is 36.4 Å². The Bertz CT molecular complexity index is 1100. The molecule has 1 N–H and O–H groups in total. The van der Waals surface area contributed by atoms with Crippen LogP contribution in [0.3, 0.4) is 0 Å². The molecule has 0 unspecified atom stereocenters. The van der Waals surface area contributed by atoms with Gasteiger partial charge in [0.25, 0.3) is 0 Å². The fourth-order valence-electron chi connectivity index (χ4n) is 3.84. The van der Waals surface area contributed by atoms with Gasteiger partial charge in [0.2, 0.25) is 11.8 Å². The third-order valence-corrected chi connectivity index (χ3v) is 6.57. The molecule has 0 bridgehead atoms. The summed E-state index contributed by atoms with van der Waals surface area (Å²) in [6, 6.07) is 12.3. The number of benzene rings is 2. The molecule has 1 aliphatic heterocycles. The van der Waals surface area contributed by atoms with Crippen LogP contribution in [0.5, 0.6) is 0 Å². The highest BCUT2D eigenvalue weighted by Crippen LogP contribution is 2.27. The summed E-state index contributed by atoms with van der Waals surface area (Å²) in [7, 11) is 0. The number of amides is 2. The average Bonchev–Trinajstić information content (AvgIpc) is 3.11. The number of carbonyl (C=O) groups excluding carboxylic acids is 2. The van der Waals surface area contributed by atoms with Crippen molar-refractivity contribution in [1.29, 1.82) is 0 Å². The van der Waals surface area contributed by atoms with E-state index in [4.69, 9.17) is 0 Å². The molecular formula is C23H26N4O2S. The number of aryl methyl sites for hydroxylation is 1. The van der Waals surface area contributed by atoms with Crippen molar-refractivity contribution in [3.63, 3.8) is 0 Å². The normalized spacial score (nSPS) is 14.2. The molecule has 0 aliphatic carbocycles. The van der Waals surface area contributed by atoms with Crippen molar-refractivity contribution in [2.45, 2.75) is 27.2 Å². The fraction of sp³-hybridized carbons (Fsp3) is 0.348. The Morgan fingerprint density at radius 2 is 1.87 bits per heavy atom. The molecule has 0 spiro atoms. The molecule has 0 saturated carbocycles. The number of thiazole rings is 1. The zero-order valence-corrected chi connectivity index (χ0v) is 18.4. The Kier molecular flexibility index (Phi) is 5.72. The number of anilines is 2. The number of carbonyl (C=O) groups is 2. The van der Waals surface area contributed by atoms with Gasteiger partial charge in [-0.2, -0.15) is 0 Å². The van der Waals surface area contributed by atoms with Crippen molar-refractivity contribution >= 4 is 44.2 Å². The largest absolute Gasteiger partial charge is 0.368 e. The summed E-state index contributed by atoms with van der Waals surface area (Å²) in [6.07, 6.45) is 0.382. The summed E-state index contributed by atoms with van der Waals surface area (Å²) in [5.74, 6) is 0.0195. The molecule has 7 heteroatoms. The monoisotopic (exact) mass is 422 g/mol. The minimum atomic E-state index is -0.135. The predicted octanol–water partition coefficient (Wildman–Crippen LogP) is 3.76. The van der Waals surface area contributed by atoms with Gasteiger partial charge in [-0.15, -0.1) is 0 Å². The van der Waals surface area contributed by atoms with Crippen molar-refractivity contribution < 1.29 is 9.59 Å². The van der Waals surface area contributed by atoms with Crippen molar-refractivity contribution in [3.05, 3.63) is 53.1 Å². The summed E-state index contributed by atoms with van der Waals surface area (Å²) < 4.78 is 0.976. The third kappa shape index (κ3) is 4.31. The van der Waals surface area contributed by atoms with Gasteiger partial charge in [-0.3, -0.25) is 9.59 Å². The standard InChI is InChI=1S/C23H26N4O2S/c1-15-5-4-6-20(16(15)2)26-9-11-27(12-10-26)22(29)14-18-7-8-19-21(13-18)30-23(25-19)24-17(3)28/h4-8,13H,9-12,14H2,1-3H3,(H,24,25,28). The van der Waals surface area contributed by atoms with Crippen LogP contribution in [0.1, 0.15) is 23.6 Å². The van der Waals surface area contributed by atoms with Crippen LogP contribution in [0.4, 0.5) is 10.8 Å². The molecule has 1 saturated heterocycles. The molecule has 2 aromatic carbocycles. The first-order valence-electron chi connectivity index (χ1n) is 10.2. The zero-order chi connectivity index (χ0) is 21.3. The number of piperazine rings is 1. The third-order valence-electron chi connectivity index (χ3n) is 5.64. The lowest BCUT2D eigenvalue weighted by Gasteiger charge is -2.37. The molecule has 2 heterocycles. The topological polar surface area (TPSA) is 65.5 Å². The number of nitrogens with one attached hydrogen (secondary N) is 1. The smallest absolute Gasteiger partial charge is 0.227 e. The van der Waals surface area contributed by atoms with E-state index < -0.39 is 0 Å². The van der Waals surface area contributed by atoms with Crippen molar-refractivity contribution in [2.24, 2.45) is 0 Å². The Labute approximate surface area is 180 Å². The van der Waals surface area contributed by atoms with E-state index in [-0.39, 0.29) is 11.8 Å². The van der Waals surface area contributed by atoms with Gasteiger partial charge in [-0.25, -0.2) is 4.98 Å². The Balaban J connectivity index is 1.39. The van der Waals surface area contributed by atoms with Gasteiger partial charge >= 0.3 is 0 Å². The first-order chi connectivity index (χ1) is 14.4. The number of fused-ring (bicyclic) bond motifs is 1. The van der Waals surface area contributed by atoms with Crippen LogP contribution in [0.25, 0.3) is 10.2 Å². The maximum absolute atomic E-state index is 12.9. The first kappa shape index (κ1) is 20.3. The maximum Gasteiger partial charge on any atom is 0.227 e. The molecular weight excluding hydrogens is 396 g/mol. The molecule has 1 aliphatic rings. The van der Waals surface area contributed by atoms with Gasteiger partial charge < -0.3 is 15.1 Å². The minimum absolute atomic E-state index is 0.135. The van der Waals surface area contributed by atoms with E-state index in [1.807, 2.05) is 23.1 Å². The van der Waals surface area contributed by atoms with Gasteiger partial charge in [-0.05, 0) is 48.7 Å². The lowest BCUT2D eigenvalue weighted by molar-refractivity contribution is -0.130. The second kappa shape index (κ2) is 8.44. The van der Waals surface area contributed by atoms with E-state index in [2.05, 4.69) is 47.2 Å². The summed E-state index contributed by atoms with van der Waals surface area (Å²) >= 11 is 1.43. The highest BCUT2D eigenvalue weighted by atomic mass is 32.1. The summed E-state index contributed by atoms with van der Waals surface area (Å²) in [5, 5.41) is 3.31. The molecule has 30 heavy (non-hydrogen) atoms. The lowest BCUT2D eigenvalue weighted by atomic mass is 10.1. The molecule has 1 aromatic heterocycles. The molecule has 0 atom stereocenters. The lowest BCUT2D eigenvalue weighted by Crippen LogP contribution is -2.49. The number of hydrogen-bond acceptors (Lipinski definition) is 5. The van der Waals surface area contributed by atoms with E-state index in [9.17, 15) is 9.59 Å². The summed E-state index contributed by atoms with van der Waals surface area (Å²) in [4.78, 5) is 32.8. The van der Waals surface area contributed by atoms with Crippen LogP contribution in [0, 0.1) is 13.8 Å². The van der Waals surface area contributed by atoms with Crippen molar-refractivity contribution in [1.82, 2.24) is 9.88 Å². The van der Waals surface area contributed by atoms with E-state index >= 15 is 0 Å².